The number of halogens is 2. The van der Waals surface area contributed by atoms with Crippen LogP contribution in [0, 0.1) is 17.3 Å². The van der Waals surface area contributed by atoms with Gasteiger partial charge >= 0.3 is 5.97 Å². The summed E-state index contributed by atoms with van der Waals surface area (Å²) in [4.78, 5) is 22.0. The SMILES string of the molecule is CCOC(=O)/C(F)=C/[C@@H]1[C@@H](C(=O)Cl)C1(C)C. The molecular formula is C11H14ClFO3. The largest absolute Gasteiger partial charge is 0.461 e. The van der Waals surface area contributed by atoms with Crippen LogP contribution in [0.15, 0.2) is 11.9 Å². The van der Waals surface area contributed by atoms with Gasteiger partial charge in [0, 0.05) is 5.92 Å². The summed E-state index contributed by atoms with van der Waals surface area (Å²) in [7, 11) is 0. The van der Waals surface area contributed by atoms with Crippen LogP contribution in [0.3, 0.4) is 0 Å². The third kappa shape index (κ3) is 2.43. The Balaban J connectivity index is 2.72. The van der Waals surface area contributed by atoms with E-state index in [1.807, 2.05) is 0 Å². The minimum Gasteiger partial charge on any atom is -0.461 e. The molecule has 1 saturated carbocycles. The average Bonchev–Trinajstić information content (AvgIpc) is 2.68. The minimum atomic E-state index is -0.994. The van der Waals surface area contributed by atoms with Gasteiger partial charge in [-0.15, -0.1) is 0 Å². The number of hydrogen-bond donors (Lipinski definition) is 0. The Morgan fingerprint density at radius 3 is 2.44 bits per heavy atom. The van der Waals surface area contributed by atoms with Gasteiger partial charge in [-0.1, -0.05) is 13.8 Å². The fourth-order valence-electron chi connectivity index (χ4n) is 1.85. The number of carbonyl (C=O) groups excluding carboxylic acids is 2. The van der Waals surface area contributed by atoms with Gasteiger partial charge in [-0.2, -0.15) is 4.39 Å². The van der Waals surface area contributed by atoms with Crippen molar-refractivity contribution in [1.82, 2.24) is 0 Å². The number of allylic oxidation sites excluding steroid dienone is 1. The maximum Gasteiger partial charge on any atom is 0.366 e. The van der Waals surface area contributed by atoms with Crippen LogP contribution in [0.2, 0.25) is 0 Å². The van der Waals surface area contributed by atoms with Crippen LogP contribution in [0.1, 0.15) is 20.8 Å². The normalized spacial score (nSPS) is 27.4. The third-order valence-electron chi connectivity index (χ3n) is 2.95. The van der Waals surface area contributed by atoms with Gasteiger partial charge in [0.1, 0.15) is 0 Å². The van der Waals surface area contributed by atoms with Crippen LogP contribution in [0.4, 0.5) is 4.39 Å². The van der Waals surface area contributed by atoms with Crippen LogP contribution >= 0.6 is 11.6 Å². The Hall–Kier alpha value is -0.900. The fourth-order valence-corrected chi connectivity index (χ4v) is 2.26. The number of carbonyl (C=O) groups is 2. The van der Waals surface area contributed by atoms with E-state index in [0.29, 0.717) is 0 Å². The fraction of sp³-hybridized carbons (Fsp3) is 0.636. The lowest BCUT2D eigenvalue weighted by Gasteiger charge is -1.99. The van der Waals surface area contributed by atoms with Crippen LogP contribution < -0.4 is 0 Å². The quantitative estimate of drug-likeness (QED) is 0.436. The lowest BCUT2D eigenvalue weighted by Crippen LogP contribution is -2.05. The average molecular weight is 249 g/mol. The molecule has 5 heteroatoms. The smallest absolute Gasteiger partial charge is 0.366 e. The van der Waals surface area contributed by atoms with E-state index in [4.69, 9.17) is 11.6 Å². The second kappa shape index (κ2) is 4.53. The van der Waals surface area contributed by atoms with Crippen molar-refractivity contribution in [3.05, 3.63) is 11.9 Å². The molecule has 2 atom stereocenters. The van der Waals surface area contributed by atoms with Gasteiger partial charge in [0.05, 0.1) is 6.61 Å². The first kappa shape index (κ1) is 13.2. The number of ether oxygens (including phenoxy) is 1. The predicted octanol–water partition coefficient (Wildman–Crippen LogP) is 2.44. The Bertz CT molecular complexity index is 349. The monoisotopic (exact) mass is 248 g/mol. The highest BCUT2D eigenvalue weighted by Gasteiger charge is 2.60. The molecule has 0 N–H and O–H groups in total. The second-order valence-corrected chi connectivity index (χ2v) is 4.74. The molecule has 3 nitrogen and oxygen atoms in total. The van der Waals surface area contributed by atoms with Crippen molar-refractivity contribution < 1.29 is 18.7 Å². The molecule has 0 saturated heterocycles. The summed E-state index contributed by atoms with van der Waals surface area (Å²) in [6.07, 6.45) is 1.13. The predicted molar refractivity (Wildman–Crippen MR) is 57.4 cm³/mol. The van der Waals surface area contributed by atoms with Crippen molar-refractivity contribution >= 4 is 22.8 Å². The van der Waals surface area contributed by atoms with E-state index in [1.165, 1.54) is 0 Å². The molecular weight excluding hydrogens is 235 g/mol. The first-order valence-corrected chi connectivity index (χ1v) is 5.44. The number of hydrogen-bond acceptors (Lipinski definition) is 3. The topological polar surface area (TPSA) is 43.4 Å². The van der Waals surface area contributed by atoms with Crippen molar-refractivity contribution in [2.75, 3.05) is 6.61 Å². The first-order chi connectivity index (χ1) is 7.32. The van der Waals surface area contributed by atoms with Crippen LogP contribution in [0.5, 0.6) is 0 Å². The molecule has 16 heavy (non-hydrogen) atoms. The van der Waals surface area contributed by atoms with E-state index < -0.39 is 23.0 Å². The van der Waals surface area contributed by atoms with Crippen molar-refractivity contribution in [3.8, 4) is 0 Å². The molecule has 1 aliphatic rings. The second-order valence-electron chi connectivity index (χ2n) is 4.36. The third-order valence-corrected chi connectivity index (χ3v) is 3.19. The molecule has 0 aromatic rings. The van der Waals surface area contributed by atoms with Crippen LogP contribution in [-0.4, -0.2) is 17.8 Å². The molecule has 0 aromatic heterocycles. The van der Waals surface area contributed by atoms with E-state index in [9.17, 15) is 14.0 Å². The van der Waals surface area contributed by atoms with E-state index >= 15 is 0 Å². The van der Waals surface area contributed by atoms with Crippen molar-refractivity contribution in [1.29, 1.82) is 0 Å². The standard InChI is InChI=1S/C11H14ClFO3/c1-4-16-10(15)7(13)5-6-8(9(12)14)11(6,2)3/h5-6,8H,4H2,1-3H3/b7-5-/t6-,8+/m1/s1. The van der Waals surface area contributed by atoms with Crippen molar-refractivity contribution in [2.24, 2.45) is 17.3 Å². The van der Waals surface area contributed by atoms with Crippen molar-refractivity contribution in [2.45, 2.75) is 20.8 Å². The highest BCUT2D eigenvalue weighted by Crippen LogP contribution is 2.60. The number of esters is 1. The summed E-state index contributed by atoms with van der Waals surface area (Å²) in [6.45, 7) is 5.32. The van der Waals surface area contributed by atoms with E-state index in [0.717, 1.165) is 6.08 Å². The number of rotatable bonds is 4. The molecule has 0 radical (unpaired) electrons. The van der Waals surface area contributed by atoms with Gasteiger partial charge in [-0.25, -0.2) is 4.79 Å². The van der Waals surface area contributed by atoms with E-state index in [-0.39, 0.29) is 17.9 Å². The van der Waals surface area contributed by atoms with Gasteiger partial charge in [-0.3, -0.25) is 4.79 Å². The zero-order valence-corrected chi connectivity index (χ0v) is 10.2. The molecule has 1 rings (SSSR count). The molecule has 90 valence electrons. The zero-order chi connectivity index (χ0) is 12.5. The molecule has 0 heterocycles. The molecule has 0 aliphatic heterocycles. The van der Waals surface area contributed by atoms with Gasteiger partial charge in [-0.05, 0) is 35.9 Å². The lowest BCUT2D eigenvalue weighted by molar-refractivity contribution is -0.140. The van der Waals surface area contributed by atoms with Gasteiger partial charge in [0.2, 0.25) is 11.1 Å². The molecule has 1 aliphatic carbocycles. The van der Waals surface area contributed by atoms with Gasteiger partial charge in [0.15, 0.2) is 0 Å². The Morgan fingerprint density at radius 2 is 2.06 bits per heavy atom. The van der Waals surface area contributed by atoms with Gasteiger partial charge in [0.25, 0.3) is 0 Å². The van der Waals surface area contributed by atoms with E-state index in [2.05, 4.69) is 4.74 Å². The highest BCUT2D eigenvalue weighted by molar-refractivity contribution is 6.64. The zero-order valence-electron chi connectivity index (χ0n) is 9.42. The summed E-state index contributed by atoms with van der Waals surface area (Å²) in [5, 5.41) is -0.497. The summed E-state index contributed by atoms with van der Waals surface area (Å²) in [6, 6.07) is 0. The van der Waals surface area contributed by atoms with E-state index in [1.54, 1.807) is 20.8 Å². The minimum absolute atomic E-state index is 0.117. The summed E-state index contributed by atoms with van der Waals surface area (Å²) < 4.78 is 17.8. The Kier molecular flexibility index (Phi) is 3.73. The van der Waals surface area contributed by atoms with Crippen LogP contribution in [0.25, 0.3) is 0 Å². The van der Waals surface area contributed by atoms with Crippen LogP contribution in [-0.2, 0) is 14.3 Å². The first-order valence-electron chi connectivity index (χ1n) is 5.06. The molecule has 1 fully saturated rings. The highest BCUT2D eigenvalue weighted by atomic mass is 35.5. The Morgan fingerprint density at radius 1 is 1.50 bits per heavy atom. The maximum absolute atomic E-state index is 13.3. The maximum atomic E-state index is 13.3. The van der Waals surface area contributed by atoms with Gasteiger partial charge < -0.3 is 4.74 Å². The lowest BCUT2D eigenvalue weighted by atomic mass is 10.1. The molecule has 0 aromatic carbocycles. The summed E-state index contributed by atoms with van der Waals surface area (Å²) in [5.41, 5.74) is -0.386. The van der Waals surface area contributed by atoms with Crippen molar-refractivity contribution in [3.63, 3.8) is 0 Å². The summed E-state index contributed by atoms with van der Waals surface area (Å²) >= 11 is 5.37. The summed E-state index contributed by atoms with van der Waals surface area (Å²) in [5.74, 6) is -2.71. The molecule has 0 bridgehead atoms. The molecule has 0 amide bonds. The Labute approximate surface area is 98.6 Å². The molecule has 0 unspecified atom stereocenters. The molecule has 0 spiro atoms.